The van der Waals surface area contributed by atoms with Crippen LogP contribution < -0.4 is 5.32 Å². The number of rotatable bonds is 7. The summed E-state index contributed by atoms with van der Waals surface area (Å²) in [7, 11) is 0. The van der Waals surface area contributed by atoms with Crippen molar-refractivity contribution >= 4 is 17.5 Å². The standard InChI is InChI=1S/C19H28ClN3O/c1-2-22-9-11-23(12-10-22)8-4-7-21-19(24)18-14-17(18)15-5-3-6-16(20)13-15/h3,5-6,13,17-18H,2,4,7-12,14H2,1H3,(H,21,24)/t17-,18+/m0/s1. The second-order valence-corrected chi connectivity index (χ2v) is 7.36. The number of benzene rings is 1. The summed E-state index contributed by atoms with van der Waals surface area (Å²) in [6.45, 7) is 9.89. The van der Waals surface area contributed by atoms with Gasteiger partial charge in [0.1, 0.15) is 0 Å². The molecule has 1 aromatic carbocycles. The molecule has 4 nitrogen and oxygen atoms in total. The monoisotopic (exact) mass is 349 g/mol. The van der Waals surface area contributed by atoms with Crippen LogP contribution in [0, 0.1) is 5.92 Å². The smallest absolute Gasteiger partial charge is 0.223 e. The Balaban J connectivity index is 1.31. The Morgan fingerprint density at radius 3 is 2.71 bits per heavy atom. The molecule has 0 aromatic heterocycles. The summed E-state index contributed by atoms with van der Waals surface area (Å²) in [6, 6.07) is 7.89. The van der Waals surface area contributed by atoms with Gasteiger partial charge in [-0.1, -0.05) is 30.7 Å². The number of carbonyl (C=O) groups excluding carboxylic acids is 1. The molecule has 132 valence electrons. The van der Waals surface area contributed by atoms with Gasteiger partial charge in [-0.2, -0.15) is 0 Å². The van der Waals surface area contributed by atoms with Gasteiger partial charge < -0.3 is 15.1 Å². The minimum Gasteiger partial charge on any atom is -0.356 e. The second kappa shape index (κ2) is 8.32. The van der Waals surface area contributed by atoms with E-state index in [9.17, 15) is 4.79 Å². The molecule has 0 radical (unpaired) electrons. The number of piperazine rings is 1. The summed E-state index contributed by atoms with van der Waals surface area (Å²) in [5, 5.41) is 3.86. The van der Waals surface area contributed by atoms with Crippen molar-refractivity contribution < 1.29 is 4.79 Å². The number of nitrogens with one attached hydrogen (secondary N) is 1. The van der Waals surface area contributed by atoms with Crippen LogP contribution in [0.5, 0.6) is 0 Å². The number of carbonyl (C=O) groups is 1. The van der Waals surface area contributed by atoms with Gasteiger partial charge in [0.15, 0.2) is 0 Å². The molecule has 0 spiro atoms. The Morgan fingerprint density at radius 1 is 1.25 bits per heavy atom. The third-order valence-electron chi connectivity index (χ3n) is 5.27. The maximum atomic E-state index is 12.2. The van der Waals surface area contributed by atoms with Crippen molar-refractivity contribution in [1.82, 2.24) is 15.1 Å². The fourth-order valence-corrected chi connectivity index (χ4v) is 3.76. The van der Waals surface area contributed by atoms with E-state index in [2.05, 4.69) is 28.1 Å². The summed E-state index contributed by atoms with van der Waals surface area (Å²) in [5.74, 6) is 0.693. The molecule has 2 fully saturated rings. The molecule has 24 heavy (non-hydrogen) atoms. The van der Waals surface area contributed by atoms with Gasteiger partial charge in [0, 0.05) is 43.7 Å². The van der Waals surface area contributed by atoms with Crippen LogP contribution in [0.4, 0.5) is 0 Å². The topological polar surface area (TPSA) is 35.6 Å². The van der Waals surface area contributed by atoms with E-state index >= 15 is 0 Å². The van der Waals surface area contributed by atoms with E-state index in [1.54, 1.807) is 0 Å². The van der Waals surface area contributed by atoms with Crippen LogP contribution in [-0.4, -0.2) is 61.5 Å². The van der Waals surface area contributed by atoms with Crippen molar-refractivity contribution in [2.24, 2.45) is 5.92 Å². The fraction of sp³-hybridized carbons (Fsp3) is 0.632. The third-order valence-corrected chi connectivity index (χ3v) is 5.50. The van der Waals surface area contributed by atoms with Gasteiger partial charge in [0.05, 0.1) is 0 Å². The number of halogens is 1. The van der Waals surface area contributed by atoms with Gasteiger partial charge in [-0.05, 0) is 49.5 Å². The average Bonchev–Trinajstić information content (AvgIpc) is 3.40. The van der Waals surface area contributed by atoms with Gasteiger partial charge in [-0.25, -0.2) is 0 Å². The molecule has 1 aliphatic heterocycles. The zero-order valence-corrected chi connectivity index (χ0v) is 15.3. The molecule has 0 unspecified atom stereocenters. The number of likely N-dealkylation sites (N-methyl/N-ethyl adjacent to an activating group) is 1. The quantitative estimate of drug-likeness (QED) is 0.768. The summed E-state index contributed by atoms with van der Waals surface area (Å²) in [6.07, 6.45) is 1.98. The molecule has 2 aliphatic rings. The SMILES string of the molecule is CCN1CCN(CCCNC(=O)[C@@H]2C[C@H]2c2cccc(Cl)c2)CC1. The average molecular weight is 350 g/mol. The first-order valence-electron chi connectivity index (χ1n) is 9.15. The zero-order valence-electron chi connectivity index (χ0n) is 14.5. The predicted molar refractivity (Wildman–Crippen MR) is 98.5 cm³/mol. The van der Waals surface area contributed by atoms with E-state index in [-0.39, 0.29) is 11.8 Å². The van der Waals surface area contributed by atoms with Crippen LogP contribution in [0.25, 0.3) is 0 Å². The highest BCUT2D eigenvalue weighted by Crippen LogP contribution is 2.47. The molecule has 1 saturated heterocycles. The molecular weight excluding hydrogens is 322 g/mol. The maximum absolute atomic E-state index is 12.2. The van der Waals surface area contributed by atoms with Gasteiger partial charge in [-0.3, -0.25) is 4.79 Å². The molecule has 1 aromatic rings. The normalized spacial score (nSPS) is 24.8. The first-order chi connectivity index (χ1) is 11.7. The number of nitrogens with zero attached hydrogens (tertiary/aromatic N) is 2. The molecule has 0 bridgehead atoms. The summed E-state index contributed by atoms with van der Waals surface area (Å²) >= 11 is 6.03. The molecule has 3 rings (SSSR count). The van der Waals surface area contributed by atoms with E-state index in [0.29, 0.717) is 5.92 Å². The van der Waals surface area contributed by atoms with Crippen molar-refractivity contribution in [2.45, 2.75) is 25.7 Å². The second-order valence-electron chi connectivity index (χ2n) is 6.92. The van der Waals surface area contributed by atoms with Crippen LogP contribution >= 0.6 is 11.6 Å². The van der Waals surface area contributed by atoms with E-state index < -0.39 is 0 Å². The van der Waals surface area contributed by atoms with Crippen LogP contribution in [-0.2, 0) is 4.79 Å². The Labute approximate surface area is 150 Å². The van der Waals surface area contributed by atoms with E-state index in [1.165, 1.54) is 18.7 Å². The summed E-state index contributed by atoms with van der Waals surface area (Å²) in [4.78, 5) is 17.2. The molecule has 1 aliphatic carbocycles. The highest BCUT2D eigenvalue weighted by Gasteiger charge is 2.43. The van der Waals surface area contributed by atoms with Crippen molar-refractivity contribution in [2.75, 3.05) is 45.8 Å². The van der Waals surface area contributed by atoms with Gasteiger partial charge in [0.2, 0.25) is 5.91 Å². The van der Waals surface area contributed by atoms with Gasteiger partial charge >= 0.3 is 0 Å². The Morgan fingerprint density at radius 2 is 2.00 bits per heavy atom. The Kier molecular flexibility index (Phi) is 6.14. The lowest BCUT2D eigenvalue weighted by molar-refractivity contribution is -0.122. The van der Waals surface area contributed by atoms with Crippen molar-refractivity contribution in [3.05, 3.63) is 34.9 Å². The first-order valence-corrected chi connectivity index (χ1v) is 9.53. The van der Waals surface area contributed by atoms with Gasteiger partial charge in [-0.15, -0.1) is 0 Å². The molecule has 5 heteroatoms. The first kappa shape index (κ1) is 17.7. The number of amides is 1. The molecular formula is C19H28ClN3O. The highest BCUT2D eigenvalue weighted by atomic mass is 35.5. The van der Waals surface area contributed by atoms with Crippen LogP contribution in [0.15, 0.2) is 24.3 Å². The molecule has 1 amide bonds. The number of hydrogen-bond acceptors (Lipinski definition) is 3. The minimum atomic E-state index is 0.136. The molecule has 1 heterocycles. The van der Waals surface area contributed by atoms with Gasteiger partial charge in [0.25, 0.3) is 0 Å². The third kappa shape index (κ3) is 4.71. The lowest BCUT2D eigenvalue weighted by Crippen LogP contribution is -2.46. The largest absolute Gasteiger partial charge is 0.356 e. The molecule has 2 atom stereocenters. The Hall–Kier alpha value is -1.10. The Bertz CT molecular complexity index is 557. The molecule has 1 saturated carbocycles. The van der Waals surface area contributed by atoms with Crippen LogP contribution in [0.1, 0.15) is 31.2 Å². The lowest BCUT2D eigenvalue weighted by atomic mass is 10.1. The van der Waals surface area contributed by atoms with Crippen molar-refractivity contribution in [3.63, 3.8) is 0 Å². The fourth-order valence-electron chi connectivity index (χ4n) is 3.56. The zero-order chi connectivity index (χ0) is 16.9. The maximum Gasteiger partial charge on any atom is 0.223 e. The minimum absolute atomic E-state index is 0.136. The molecule has 1 N–H and O–H groups in total. The van der Waals surface area contributed by atoms with Crippen molar-refractivity contribution in [1.29, 1.82) is 0 Å². The summed E-state index contributed by atoms with van der Waals surface area (Å²) < 4.78 is 0. The van der Waals surface area contributed by atoms with Crippen LogP contribution in [0.3, 0.4) is 0 Å². The van der Waals surface area contributed by atoms with E-state index in [1.807, 2.05) is 18.2 Å². The summed E-state index contributed by atoms with van der Waals surface area (Å²) in [5.41, 5.74) is 1.19. The van der Waals surface area contributed by atoms with Crippen molar-refractivity contribution in [3.8, 4) is 0 Å². The predicted octanol–water partition coefficient (Wildman–Crippen LogP) is 2.59. The van der Waals surface area contributed by atoms with E-state index in [0.717, 1.165) is 50.6 Å². The van der Waals surface area contributed by atoms with E-state index in [4.69, 9.17) is 11.6 Å². The van der Waals surface area contributed by atoms with Crippen LogP contribution in [0.2, 0.25) is 5.02 Å². The lowest BCUT2D eigenvalue weighted by Gasteiger charge is -2.33. The highest BCUT2D eigenvalue weighted by molar-refractivity contribution is 6.30. The number of hydrogen-bond donors (Lipinski definition) is 1.